The highest BCUT2D eigenvalue weighted by atomic mass is 32.1. The van der Waals surface area contributed by atoms with Gasteiger partial charge >= 0.3 is 0 Å². The molecule has 1 aromatic carbocycles. The molecule has 1 saturated carbocycles. The van der Waals surface area contributed by atoms with Crippen molar-refractivity contribution in [1.82, 2.24) is 14.9 Å². The minimum atomic E-state index is -0.758. The van der Waals surface area contributed by atoms with Crippen molar-refractivity contribution in [2.24, 2.45) is 0 Å². The zero-order chi connectivity index (χ0) is 20.2. The van der Waals surface area contributed by atoms with Gasteiger partial charge in [0, 0.05) is 22.0 Å². The molecule has 0 saturated heterocycles. The number of amides is 2. The zero-order valence-corrected chi connectivity index (χ0v) is 17.7. The first kappa shape index (κ1) is 19.7. The number of aromatic nitrogens is 2. The first-order valence-electron chi connectivity index (χ1n) is 9.64. The van der Waals surface area contributed by atoms with E-state index in [1.165, 1.54) is 11.3 Å². The Hall–Kier alpha value is -2.58. The molecule has 4 rings (SSSR count). The summed E-state index contributed by atoms with van der Waals surface area (Å²) in [7, 11) is 0. The molecule has 150 valence electrons. The van der Waals surface area contributed by atoms with Crippen molar-refractivity contribution in [2.45, 2.75) is 44.7 Å². The van der Waals surface area contributed by atoms with E-state index in [0.717, 1.165) is 47.7 Å². The number of carbonyl (C=O) groups excluding carboxylic acids is 2. The molecule has 2 aromatic heterocycles. The minimum Gasteiger partial charge on any atom is -0.351 e. The number of thiophene rings is 1. The molecule has 0 spiro atoms. The highest BCUT2D eigenvalue weighted by Crippen LogP contribution is 2.33. The predicted molar refractivity (Wildman–Crippen MR) is 115 cm³/mol. The number of nitrogens with one attached hydrogen (secondary N) is 1. The Bertz CT molecular complexity index is 967. The van der Waals surface area contributed by atoms with Gasteiger partial charge in [0.25, 0.3) is 5.91 Å². The van der Waals surface area contributed by atoms with Gasteiger partial charge in [0.2, 0.25) is 5.91 Å². The molecule has 8 heteroatoms. The Kier molecular flexibility index (Phi) is 6.01. The van der Waals surface area contributed by atoms with Gasteiger partial charge in [-0.3, -0.25) is 14.5 Å². The van der Waals surface area contributed by atoms with E-state index in [0.29, 0.717) is 5.69 Å². The maximum absolute atomic E-state index is 13.5. The van der Waals surface area contributed by atoms with Crippen molar-refractivity contribution in [3.63, 3.8) is 0 Å². The van der Waals surface area contributed by atoms with Crippen LogP contribution in [-0.2, 0) is 4.79 Å². The Morgan fingerprint density at radius 3 is 2.69 bits per heavy atom. The zero-order valence-electron chi connectivity index (χ0n) is 16.1. The molecule has 2 heterocycles. The van der Waals surface area contributed by atoms with E-state index in [-0.39, 0.29) is 23.6 Å². The van der Waals surface area contributed by atoms with Gasteiger partial charge in [0.1, 0.15) is 0 Å². The maximum atomic E-state index is 13.5. The van der Waals surface area contributed by atoms with Crippen molar-refractivity contribution < 1.29 is 9.59 Å². The van der Waals surface area contributed by atoms with Gasteiger partial charge in [-0.2, -0.15) is 0 Å². The van der Waals surface area contributed by atoms with Crippen molar-refractivity contribution >= 4 is 40.4 Å². The second kappa shape index (κ2) is 8.84. The maximum Gasteiger partial charge on any atom is 0.280 e. The average molecular weight is 427 g/mol. The van der Waals surface area contributed by atoms with Crippen LogP contribution in [0.25, 0.3) is 0 Å². The van der Waals surface area contributed by atoms with Crippen LogP contribution in [0.3, 0.4) is 0 Å². The van der Waals surface area contributed by atoms with Gasteiger partial charge in [-0.1, -0.05) is 35.5 Å². The van der Waals surface area contributed by atoms with Crippen LogP contribution in [0.15, 0.2) is 47.2 Å². The molecule has 1 atom stereocenters. The molecule has 6 nitrogen and oxygen atoms in total. The second-order valence-electron chi connectivity index (χ2n) is 7.21. The summed E-state index contributed by atoms with van der Waals surface area (Å²) in [5, 5.41) is 10.7. The highest BCUT2D eigenvalue weighted by Gasteiger charge is 2.36. The smallest absolute Gasteiger partial charge is 0.280 e. The quantitative estimate of drug-likeness (QED) is 0.636. The Balaban J connectivity index is 1.77. The highest BCUT2D eigenvalue weighted by molar-refractivity contribution is 7.10. The van der Waals surface area contributed by atoms with Crippen LogP contribution in [0.1, 0.15) is 52.7 Å². The molecule has 1 aliphatic rings. The molecule has 1 N–H and O–H groups in total. The van der Waals surface area contributed by atoms with Gasteiger partial charge in [0.15, 0.2) is 11.7 Å². The van der Waals surface area contributed by atoms with Crippen LogP contribution in [0.2, 0.25) is 0 Å². The molecule has 0 radical (unpaired) electrons. The monoisotopic (exact) mass is 426 g/mol. The van der Waals surface area contributed by atoms with E-state index >= 15 is 0 Å². The molecule has 0 bridgehead atoms. The van der Waals surface area contributed by atoms with Crippen LogP contribution in [0.4, 0.5) is 5.69 Å². The summed E-state index contributed by atoms with van der Waals surface area (Å²) in [4.78, 5) is 29.3. The third-order valence-electron chi connectivity index (χ3n) is 5.10. The lowest BCUT2D eigenvalue weighted by atomic mass is 10.1. The van der Waals surface area contributed by atoms with Gasteiger partial charge in [0.05, 0.1) is 0 Å². The van der Waals surface area contributed by atoms with Gasteiger partial charge in [-0.25, -0.2) is 0 Å². The summed E-state index contributed by atoms with van der Waals surface area (Å²) in [5.74, 6) is -0.485. The minimum absolute atomic E-state index is 0.155. The molecule has 1 aliphatic carbocycles. The van der Waals surface area contributed by atoms with Crippen molar-refractivity contribution in [3.05, 3.63) is 63.3 Å². The summed E-state index contributed by atoms with van der Waals surface area (Å²) in [6.07, 6.45) is 4.22. The van der Waals surface area contributed by atoms with Crippen LogP contribution in [0, 0.1) is 6.92 Å². The third kappa shape index (κ3) is 4.38. The van der Waals surface area contributed by atoms with Gasteiger partial charge < -0.3 is 5.32 Å². The molecule has 2 amide bonds. The van der Waals surface area contributed by atoms with Gasteiger partial charge in [-0.05, 0) is 60.4 Å². The number of hydrogen-bond acceptors (Lipinski definition) is 6. The molecule has 3 aromatic rings. The lowest BCUT2D eigenvalue weighted by Gasteiger charge is -2.31. The SMILES string of the molecule is Cc1cccc(N(C(=O)c2csnn2)C(C(=O)NC2CCCC2)c2cccs2)c1. The molecule has 0 aliphatic heterocycles. The lowest BCUT2D eigenvalue weighted by molar-refractivity contribution is -0.123. The summed E-state index contributed by atoms with van der Waals surface area (Å²) < 4.78 is 3.83. The number of carbonyl (C=O) groups is 2. The number of hydrogen-bond donors (Lipinski definition) is 1. The number of benzene rings is 1. The fraction of sp³-hybridized carbons (Fsp3) is 0.333. The number of anilines is 1. The van der Waals surface area contributed by atoms with Crippen LogP contribution in [-0.4, -0.2) is 27.4 Å². The van der Waals surface area contributed by atoms with E-state index < -0.39 is 6.04 Å². The topological polar surface area (TPSA) is 75.2 Å². The summed E-state index contributed by atoms with van der Waals surface area (Å²) in [6, 6.07) is 10.8. The normalized spacial score (nSPS) is 15.2. The fourth-order valence-electron chi connectivity index (χ4n) is 3.71. The van der Waals surface area contributed by atoms with Crippen molar-refractivity contribution in [1.29, 1.82) is 0 Å². The first-order chi connectivity index (χ1) is 14.1. The third-order valence-corrected chi connectivity index (χ3v) is 6.53. The van der Waals surface area contributed by atoms with Crippen molar-refractivity contribution in [2.75, 3.05) is 4.90 Å². The first-order valence-corrected chi connectivity index (χ1v) is 11.4. The lowest BCUT2D eigenvalue weighted by Crippen LogP contribution is -2.46. The number of rotatable bonds is 6. The van der Waals surface area contributed by atoms with E-state index in [4.69, 9.17) is 0 Å². The summed E-state index contributed by atoms with van der Waals surface area (Å²) in [6.45, 7) is 1.97. The van der Waals surface area contributed by atoms with E-state index in [9.17, 15) is 9.59 Å². The van der Waals surface area contributed by atoms with Crippen molar-refractivity contribution in [3.8, 4) is 0 Å². The molecule has 1 fully saturated rings. The van der Waals surface area contributed by atoms with E-state index in [1.807, 2.05) is 48.7 Å². The molecule has 29 heavy (non-hydrogen) atoms. The van der Waals surface area contributed by atoms with Crippen LogP contribution < -0.4 is 10.2 Å². The Labute approximate surface area is 177 Å². The van der Waals surface area contributed by atoms with Gasteiger partial charge in [-0.15, -0.1) is 16.4 Å². The van der Waals surface area contributed by atoms with Crippen LogP contribution >= 0.6 is 22.9 Å². The van der Waals surface area contributed by atoms with Crippen LogP contribution in [0.5, 0.6) is 0 Å². The fourth-order valence-corrected chi connectivity index (χ4v) is 4.96. The largest absolute Gasteiger partial charge is 0.351 e. The number of aryl methyl sites for hydroxylation is 1. The molecular formula is C21H22N4O2S2. The summed E-state index contributed by atoms with van der Waals surface area (Å²) in [5.41, 5.74) is 1.92. The number of nitrogens with zero attached hydrogens (tertiary/aromatic N) is 3. The molecular weight excluding hydrogens is 404 g/mol. The second-order valence-corrected chi connectivity index (χ2v) is 8.80. The predicted octanol–water partition coefficient (Wildman–Crippen LogP) is 4.35. The standard InChI is InChI=1S/C21H22N4O2S2/c1-14-6-4-9-16(12-14)25(21(27)17-13-29-24-23-17)19(18-10-5-11-28-18)20(26)22-15-7-2-3-8-15/h4-6,9-13,15,19H,2-3,7-8H2,1H3,(H,22,26). The molecule has 1 unspecified atom stereocenters. The summed E-state index contributed by atoms with van der Waals surface area (Å²) >= 11 is 2.59. The Morgan fingerprint density at radius 1 is 1.21 bits per heavy atom. The van der Waals surface area contributed by atoms with E-state index in [2.05, 4.69) is 14.9 Å². The Morgan fingerprint density at radius 2 is 2.03 bits per heavy atom. The average Bonchev–Trinajstić information content (AvgIpc) is 3.49. The van der Waals surface area contributed by atoms with E-state index in [1.54, 1.807) is 10.3 Å².